The van der Waals surface area contributed by atoms with Gasteiger partial charge in [0.1, 0.15) is 0 Å². The number of halogens is 7. The maximum absolute atomic E-state index is 13.3. The van der Waals surface area contributed by atoms with Gasteiger partial charge in [0.25, 0.3) is 0 Å². The zero-order chi connectivity index (χ0) is 20.6. The minimum absolute atomic E-state index is 0. The molecule has 4 nitrogen and oxygen atoms in total. The Morgan fingerprint density at radius 1 is 1.00 bits per heavy atom. The number of esters is 1. The molecule has 161 valence electrons. The van der Waals surface area contributed by atoms with Gasteiger partial charge in [0, 0.05) is 17.1 Å². The number of carbonyl (C=O) groups excluding carboxylic acids is 1. The van der Waals surface area contributed by atoms with Crippen LogP contribution in [0.1, 0.15) is 45.4 Å². The molecule has 0 aromatic heterocycles. The van der Waals surface area contributed by atoms with E-state index in [-0.39, 0.29) is 30.1 Å². The first-order chi connectivity index (χ1) is 11.8. The predicted octanol–water partition coefficient (Wildman–Crippen LogP) is 5.41. The molecule has 0 rings (SSSR count). The van der Waals surface area contributed by atoms with E-state index in [1.165, 1.54) is 0 Å². The second-order valence-corrected chi connectivity index (χ2v) is 5.36. The number of hydrogen-bond acceptors (Lipinski definition) is 3. The van der Waals surface area contributed by atoms with Gasteiger partial charge in [0.05, 0.1) is 13.2 Å². The van der Waals surface area contributed by atoms with Crippen molar-refractivity contribution in [3.8, 4) is 0 Å². The topological polar surface area (TPSA) is 50.9 Å². The zero-order valence-corrected chi connectivity index (χ0v) is 15.0. The van der Waals surface area contributed by atoms with Crippen LogP contribution < -0.4 is 0 Å². The Labute approximate surface area is 162 Å². The van der Waals surface area contributed by atoms with Crippen molar-refractivity contribution in [1.29, 1.82) is 0 Å². The van der Waals surface area contributed by atoms with Crippen LogP contribution in [0.3, 0.4) is 0 Å². The van der Waals surface area contributed by atoms with Crippen LogP contribution in [-0.2, 0) is 26.6 Å². The molecule has 0 spiro atoms. The summed E-state index contributed by atoms with van der Waals surface area (Å²) in [6.45, 7) is 8.13. The third-order valence-electron chi connectivity index (χ3n) is 3.31. The van der Waals surface area contributed by atoms with Gasteiger partial charge in [-0.1, -0.05) is 39.0 Å². The summed E-state index contributed by atoms with van der Waals surface area (Å²) in [4.78, 5) is 13.6. The van der Waals surface area contributed by atoms with E-state index in [1.54, 1.807) is 0 Å². The van der Waals surface area contributed by atoms with Crippen molar-refractivity contribution in [2.45, 2.75) is 63.5 Å². The third kappa shape index (κ3) is 7.22. The molecule has 0 fully saturated rings. The summed E-state index contributed by atoms with van der Waals surface area (Å²) >= 11 is 0. The Morgan fingerprint density at radius 2 is 1.48 bits per heavy atom. The van der Waals surface area contributed by atoms with E-state index in [4.69, 9.17) is 11.7 Å². The van der Waals surface area contributed by atoms with Gasteiger partial charge in [-0.3, -0.25) is 4.79 Å². The smallest absolute Gasteiger partial charge is 0.460 e. The maximum atomic E-state index is 13.3. The van der Waals surface area contributed by atoms with Crippen LogP contribution in [0.5, 0.6) is 0 Å². The normalized spacial score (nSPS) is 13.3. The van der Waals surface area contributed by atoms with Crippen molar-refractivity contribution in [2.75, 3.05) is 6.61 Å². The van der Waals surface area contributed by atoms with Gasteiger partial charge in [-0.2, -0.15) is 30.7 Å². The van der Waals surface area contributed by atoms with Crippen LogP contribution in [0.25, 0.3) is 4.85 Å². The summed E-state index contributed by atoms with van der Waals surface area (Å²) in [5.74, 6) is -17.8. The van der Waals surface area contributed by atoms with E-state index in [9.17, 15) is 35.5 Å². The van der Waals surface area contributed by atoms with E-state index in [0.717, 1.165) is 25.7 Å². The van der Waals surface area contributed by atoms with Crippen molar-refractivity contribution in [2.24, 2.45) is 0 Å². The van der Waals surface area contributed by atoms with E-state index in [1.807, 2.05) is 6.92 Å². The van der Waals surface area contributed by atoms with Crippen LogP contribution >= 0.6 is 0 Å². The number of nitrogens with zero attached hydrogens (tertiary/aromatic N) is 1. The minimum atomic E-state index is -6.71. The standard InChI is InChI=1S/C15H18F7NO3.Cu/c1-3-4-5-6-7-8-9-26-12(25)10(23-2)11(24)13(16,17)14(18,19)15(20,21)22;/h24H,3-9H2,1H3;/b11-10+;. The van der Waals surface area contributed by atoms with Crippen molar-refractivity contribution >= 4 is 5.97 Å². The Bertz CT molecular complexity index is 557. The number of aliphatic hydroxyl groups excluding tert-OH is 1. The monoisotopic (exact) mass is 456 g/mol. The number of unbranched alkanes of at least 4 members (excludes halogenated alkanes) is 5. The molecule has 0 aromatic rings. The Balaban J connectivity index is 0. The number of rotatable bonds is 10. The second-order valence-electron chi connectivity index (χ2n) is 5.36. The number of ether oxygens (including phenoxy) is 1. The van der Waals surface area contributed by atoms with E-state index < -0.39 is 35.4 Å². The van der Waals surface area contributed by atoms with Crippen LogP contribution in [0.2, 0.25) is 0 Å². The summed E-state index contributed by atoms with van der Waals surface area (Å²) in [5.41, 5.74) is -2.02. The van der Waals surface area contributed by atoms with Crippen LogP contribution in [0, 0.1) is 6.57 Å². The molecule has 0 aliphatic carbocycles. The van der Waals surface area contributed by atoms with Gasteiger partial charge in [0.2, 0.25) is 0 Å². The molecular formula is C15H18CuF7NO3. The van der Waals surface area contributed by atoms with Gasteiger partial charge in [-0.25, -0.2) is 4.85 Å². The van der Waals surface area contributed by atoms with Gasteiger partial charge < -0.3 is 9.84 Å². The first kappa shape index (κ1) is 27.7. The van der Waals surface area contributed by atoms with Gasteiger partial charge in [-0.15, -0.1) is 0 Å². The number of allylic oxidation sites excluding steroid dienone is 1. The number of carbonyl (C=O) groups is 1. The first-order valence-electron chi connectivity index (χ1n) is 7.65. The molecule has 0 atom stereocenters. The summed E-state index contributed by atoms with van der Waals surface area (Å²) < 4.78 is 93.0. The van der Waals surface area contributed by atoms with Gasteiger partial charge in [0.15, 0.2) is 5.76 Å². The molecule has 0 saturated heterocycles. The Morgan fingerprint density at radius 3 is 1.93 bits per heavy atom. The fourth-order valence-corrected chi connectivity index (χ4v) is 1.79. The Kier molecular flexibility index (Phi) is 11.7. The molecule has 0 aliphatic rings. The molecule has 0 bridgehead atoms. The van der Waals surface area contributed by atoms with Crippen LogP contribution in [0.4, 0.5) is 30.7 Å². The molecule has 0 saturated carbocycles. The fourth-order valence-electron chi connectivity index (χ4n) is 1.79. The summed E-state index contributed by atoms with van der Waals surface area (Å²) in [6.07, 6.45) is -2.16. The summed E-state index contributed by atoms with van der Waals surface area (Å²) in [6, 6.07) is 0. The van der Waals surface area contributed by atoms with E-state index in [0.29, 0.717) is 6.42 Å². The molecule has 1 N–H and O–H groups in total. The van der Waals surface area contributed by atoms with E-state index in [2.05, 4.69) is 9.58 Å². The summed E-state index contributed by atoms with van der Waals surface area (Å²) in [5, 5.41) is 9.04. The number of alkyl halides is 7. The van der Waals surface area contributed by atoms with Gasteiger partial charge >= 0.3 is 29.7 Å². The van der Waals surface area contributed by atoms with Crippen molar-refractivity contribution < 1.29 is 62.4 Å². The molecule has 0 unspecified atom stereocenters. The Hall–Kier alpha value is -1.47. The van der Waals surface area contributed by atoms with Crippen molar-refractivity contribution in [3.05, 3.63) is 22.9 Å². The van der Waals surface area contributed by atoms with Crippen LogP contribution in [-0.4, -0.2) is 35.7 Å². The average molecular weight is 457 g/mol. The molecule has 0 amide bonds. The molecule has 27 heavy (non-hydrogen) atoms. The number of aliphatic hydroxyl groups is 1. The zero-order valence-electron chi connectivity index (χ0n) is 14.1. The molecule has 0 heterocycles. The van der Waals surface area contributed by atoms with Crippen LogP contribution in [0.15, 0.2) is 11.5 Å². The van der Waals surface area contributed by atoms with Gasteiger partial charge in [-0.05, 0) is 6.42 Å². The fraction of sp³-hybridized carbons (Fsp3) is 0.733. The summed E-state index contributed by atoms with van der Waals surface area (Å²) in [7, 11) is 0. The average Bonchev–Trinajstić information content (AvgIpc) is 2.53. The first-order valence-corrected chi connectivity index (χ1v) is 7.65. The predicted molar refractivity (Wildman–Crippen MR) is 76.5 cm³/mol. The maximum Gasteiger partial charge on any atom is 0.460 e. The largest absolute Gasteiger partial charge is 0.517 e. The number of hydrogen-bond donors (Lipinski definition) is 1. The molecule has 0 aliphatic heterocycles. The third-order valence-corrected chi connectivity index (χ3v) is 3.31. The quantitative estimate of drug-likeness (QED) is 0.0909. The molecular weight excluding hydrogens is 439 g/mol. The van der Waals surface area contributed by atoms with Crippen molar-refractivity contribution in [1.82, 2.24) is 0 Å². The molecule has 0 aromatic carbocycles. The SMILES string of the molecule is [C-]#[N+]/C(C(=O)OCCCCCCCC)=C(/O)C(F)(F)C(F)(F)C(F)(F)F.[Cu]. The minimum Gasteiger partial charge on any atom is -0.517 e. The van der Waals surface area contributed by atoms with Crippen molar-refractivity contribution in [3.63, 3.8) is 0 Å². The molecule has 1 radical (unpaired) electrons. The van der Waals surface area contributed by atoms with E-state index >= 15 is 0 Å². The molecule has 12 heteroatoms. The second kappa shape index (κ2) is 11.4.